The molecule has 0 bridgehead atoms. The van der Waals surface area contributed by atoms with Crippen LogP contribution in [-0.2, 0) is 11.2 Å². The van der Waals surface area contributed by atoms with Crippen molar-refractivity contribution in [3.05, 3.63) is 22.4 Å². The van der Waals surface area contributed by atoms with Crippen LogP contribution in [0.3, 0.4) is 0 Å². The van der Waals surface area contributed by atoms with Crippen LogP contribution in [0.1, 0.15) is 12.5 Å². The Morgan fingerprint density at radius 2 is 2.54 bits per heavy atom. The van der Waals surface area contributed by atoms with Crippen LogP contribution in [0, 0.1) is 0 Å². The molecule has 72 valence electrons. The number of carbonyl (C=O) groups excluding carboxylic acids is 1. The molecular weight excluding hydrogens is 250 g/mol. The third-order valence-electron chi connectivity index (χ3n) is 1.53. The summed E-state index contributed by atoms with van der Waals surface area (Å²) in [5.41, 5.74) is 1.09. The summed E-state index contributed by atoms with van der Waals surface area (Å²) in [6.07, 6.45) is 0.489. The first-order chi connectivity index (χ1) is 6.18. The molecule has 1 aromatic heterocycles. The Balaban J connectivity index is 2.26. The zero-order chi connectivity index (χ0) is 9.68. The van der Waals surface area contributed by atoms with Crippen LogP contribution in [-0.4, -0.2) is 17.3 Å². The van der Waals surface area contributed by atoms with Crippen LogP contribution in [0.25, 0.3) is 0 Å². The van der Waals surface area contributed by atoms with Gasteiger partial charge in [0.25, 0.3) is 0 Å². The molecule has 0 aliphatic heterocycles. The van der Waals surface area contributed by atoms with E-state index < -0.39 is 0 Å². The lowest BCUT2D eigenvalue weighted by Gasteiger charge is -2.05. The normalized spacial score (nSPS) is 12.5. The Morgan fingerprint density at radius 1 is 1.77 bits per heavy atom. The molecule has 2 nitrogen and oxygen atoms in total. The first-order valence-corrected chi connectivity index (χ1v) is 5.96. The van der Waals surface area contributed by atoms with Gasteiger partial charge < -0.3 is 5.32 Å². The molecule has 0 spiro atoms. The van der Waals surface area contributed by atoms with Gasteiger partial charge in [0.15, 0.2) is 0 Å². The van der Waals surface area contributed by atoms with Gasteiger partial charge in [-0.05, 0) is 22.4 Å². The summed E-state index contributed by atoms with van der Waals surface area (Å²) in [6.45, 7) is 2.69. The summed E-state index contributed by atoms with van der Waals surface area (Å²) in [6, 6.07) is 1.97. The molecule has 0 saturated carbocycles. The highest BCUT2D eigenvalue weighted by molar-refractivity contribution is 9.09. The van der Waals surface area contributed by atoms with Crippen LogP contribution in [0.2, 0.25) is 0 Å². The fraction of sp³-hybridized carbons (Fsp3) is 0.444. The molecule has 0 aliphatic carbocycles. The Bertz CT molecular complexity index is 259. The van der Waals surface area contributed by atoms with Gasteiger partial charge in [-0.3, -0.25) is 4.79 Å². The molecule has 13 heavy (non-hydrogen) atoms. The van der Waals surface area contributed by atoms with E-state index in [2.05, 4.69) is 21.2 Å². The molecule has 0 aromatic carbocycles. The predicted molar refractivity (Wildman–Crippen MR) is 59.4 cm³/mol. The lowest BCUT2D eigenvalue weighted by Crippen LogP contribution is -2.29. The Kier molecular flexibility index (Phi) is 4.45. The van der Waals surface area contributed by atoms with Crippen molar-refractivity contribution >= 4 is 33.2 Å². The summed E-state index contributed by atoms with van der Waals surface area (Å²) in [7, 11) is 0. The van der Waals surface area contributed by atoms with Crippen molar-refractivity contribution in [1.29, 1.82) is 0 Å². The monoisotopic (exact) mass is 261 g/mol. The first kappa shape index (κ1) is 10.7. The van der Waals surface area contributed by atoms with Crippen molar-refractivity contribution in [3.63, 3.8) is 0 Å². The Hall–Kier alpha value is -0.350. The summed E-state index contributed by atoms with van der Waals surface area (Å²) in [5.74, 6) is 0.0877. The minimum atomic E-state index is 0.0877. The summed E-state index contributed by atoms with van der Waals surface area (Å²) in [5, 5.41) is 6.82. The number of hydrogen-bond donors (Lipinski definition) is 1. The summed E-state index contributed by atoms with van der Waals surface area (Å²) in [4.78, 5) is 11.6. The van der Waals surface area contributed by atoms with E-state index in [9.17, 15) is 4.79 Å². The second kappa shape index (κ2) is 5.40. The molecule has 1 unspecified atom stereocenters. The van der Waals surface area contributed by atoms with Gasteiger partial charge in [0.1, 0.15) is 0 Å². The van der Waals surface area contributed by atoms with Gasteiger partial charge in [-0.15, -0.1) is 0 Å². The third-order valence-corrected chi connectivity index (χ3v) is 2.58. The van der Waals surface area contributed by atoms with E-state index in [1.165, 1.54) is 0 Å². The second-order valence-corrected chi connectivity index (χ2v) is 5.24. The molecule has 0 radical (unpaired) electrons. The van der Waals surface area contributed by atoms with Crippen LogP contribution in [0.5, 0.6) is 0 Å². The lowest BCUT2D eigenvalue weighted by molar-refractivity contribution is -0.120. The number of halogens is 1. The molecule has 1 aromatic rings. The van der Waals surface area contributed by atoms with Gasteiger partial charge in [0.05, 0.1) is 6.42 Å². The standard InChI is InChI=1S/C9H12BrNOS/c1-7(10)5-11-9(12)4-8-2-3-13-6-8/h2-3,6-7H,4-5H2,1H3,(H,11,12). The number of nitrogens with one attached hydrogen (secondary N) is 1. The highest BCUT2D eigenvalue weighted by Crippen LogP contribution is 2.06. The number of alkyl halides is 1. The van der Waals surface area contributed by atoms with Crippen LogP contribution in [0.4, 0.5) is 0 Å². The smallest absolute Gasteiger partial charge is 0.224 e. The van der Waals surface area contributed by atoms with Gasteiger partial charge in [0, 0.05) is 11.4 Å². The highest BCUT2D eigenvalue weighted by Gasteiger charge is 2.03. The minimum Gasteiger partial charge on any atom is -0.355 e. The molecule has 1 rings (SSSR count). The number of amides is 1. The summed E-state index contributed by atoms with van der Waals surface area (Å²) < 4.78 is 0. The van der Waals surface area contributed by atoms with Crippen LogP contribution < -0.4 is 5.32 Å². The van der Waals surface area contributed by atoms with E-state index in [0.29, 0.717) is 17.8 Å². The number of carbonyl (C=O) groups is 1. The molecule has 1 N–H and O–H groups in total. The van der Waals surface area contributed by atoms with Gasteiger partial charge in [0.2, 0.25) is 5.91 Å². The number of rotatable bonds is 4. The molecule has 1 heterocycles. The van der Waals surface area contributed by atoms with Crippen molar-refractivity contribution < 1.29 is 4.79 Å². The fourth-order valence-corrected chi connectivity index (χ4v) is 1.73. The molecule has 1 atom stereocenters. The van der Waals surface area contributed by atoms with E-state index >= 15 is 0 Å². The third kappa shape index (κ3) is 4.43. The van der Waals surface area contributed by atoms with Crippen molar-refractivity contribution in [2.45, 2.75) is 18.2 Å². The Morgan fingerprint density at radius 3 is 3.08 bits per heavy atom. The largest absolute Gasteiger partial charge is 0.355 e. The SMILES string of the molecule is CC(Br)CNC(=O)Cc1ccsc1. The van der Waals surface area contributed by atoms with E-state index in [-0.39, 0.29) is 5.91 Å². The maximum atomic E-state index is 11.3. The molecule has 0 aliphatic rings. The molecule has 4 heteroatoms. The summed E-state index contributed by atoms with van der Waals surface area (Å²) >= 11 is 4.98. The molecule has 0 fully saturated rings. The van der Waals surface area contributed by atoms with Crippen molar-refractivity contribution in [2.24, 2.45) is 0 Å². The zero-order valence-corrected chi connectivity index (χ0v) is 9.82. The lowest BCUT2D eigenvalue weighted by atomic mass is 10.2. The second-order valence-electron chi connectivity index (χ2n) is 2.89. The van der Waals surface area contributed by atoms with Gasteiger partial charge in [-0.25, -0.2) is 0 Å². The first-order valence-electron chi connectivity index (χ1n) is 4.10. The van der Waals surface area contributed by atoms with E-state index in [1.807, 2.05) is 23.8 Å². The fourth-order valence-electron chi connectivity index (χ4n) is 0.896. The van der Waals surface area contributed by atoms with Crippen LogP contribution in [0.15, 0.2) is 16.8 Å². The predicted octanol–water partition coefficient (Wildman–Crippen LogP) is 2.19. The maximum Gasteiger partial charge on any atom is 0.224 e. The van der Waals surface area contributed by atoms with Crippen molar-refractivity contribution in [2.75, 3.05) is 6.54 Å². The highest BCUT2D eigenvalue weighted by atomic mass is 79.9. The topological polar surface area (TPSA) is 29.1 Å². The van der Waals surface area contributed by atoms with Crippen molar-refractivity contribution in [3.8, 4) is 0 Å². The van der Waals surface area contributed by atoms with E-state index in [4.69, 9.17) is 0 Å². The average Bonchev–Trinajstić information content (AvgIpc) is 2.53. The van der Waals surface area contributed by atoms with Gasteiger partial charge in [-0.1, -0.05) is 22.9 Å². The number of hydrogen-bond acceptors (Lipinski definition) is 2. The minimum absolute atomic E-state index is 0.0877. The van der Waals surface area contributed by atoms with Crippen LogP contribution >= 0.6 is 27.3 Å². The average molecular weight is 262 g/mol. The zero-order valence-electron chi connectivity index (χ0n) is 7.42. The quantitative estimate of drug-likeness (QED) is 0.828. The number of thiophene rings is 1. The van der Waals surface area contributed by atoms with Gasteiger partial charge in [-0.2, -0.15) is 11.3 Å². The molecule has 1 amide bonds. The van der Waals surface area contributed by atoms with Crippen molar-refractivity contribution in [1.82, 2.24) is 5.32 Å². The maximum absolute atomic E-state index is 11.3. The Labute approximate surface area is 90.5 Å². The van der Waals surface area contributed by atoms with Gasteiger partial charge >= 0.3 is 0 Å². The van der Waals surface area contributed by atoms with E-state index in [1.54, 1.807) is 11.3 Å². The molecule has 0 saturated heterocycles. The van der Waals surface area contributed by atoms with E-state index in [0.717, 1.165) is 5.56 Å². The molecular formula is C9H12BrNOS.